The molecule has 0 spiro atoms. The van der Waals surface area contributed by atoms with Crippen molar-refractivity contribution < 1.29 is 14.6 Å². The number of aromatic carboxylic acids is 1. The Morgan fingerprint density at radius 2 is 1.95 bits per heavy atom. The average molecular weight is 286 g/mol. The first-order valence-electron chi connectivity index (χ1n) is 6.83. The number of para-hydroxylation sites is 1. The molecule has 0 fully saturated rings. The lowest BCUT2D eigenvalue weighted by atomic mass is 10.3. The fraction of sp³-hybridized carbons (Fsp3) is 0.250. The van der Waals surface area contributed by atoms with Gasteiger partial charge in [-0.3, -0.25) is 0 Å². The van der Waals surface area contributed by atoms with Crippen LogP contribution in [0.25, 0.3) is 0 Å². The summed E-state index contributed by atoms with van der Waals surface area (Å²) in [4.78, 5) is 14.8. The molecule has 0 radical (unpaired) electrons. The summed E-state index contributed by atoms with van der Waals surface area (Å²) in [7, 11) is 0. The van der Waals surface area contributed by atoms with Crippen LogP contribution in [-0.2, 0) is 6.54 Å². The number of nitrogens with one attached hydrogen (secondary N) is 1. The molecule has 2 rings (SSSR count). The summed E-state index contributed by atoms with van der Waals surface area (Å²) < 4.78 is 5.58. The van der Waals surface area contributed by atoms with Crippen molar-refractivity contribution in [1.82, 2.24) is 10.3 Å². The van der Waals surface area contributed by atoms with E-state index in [0.29, 0.717) is 13.2 Å². The van der Waals surface area contributed by atoms with Crippen molar-refractivity contribution in [3.63, 3.8) is 0 Å². The Morgan fingerprint density at radius 3 is 2.71 bits per heavy atom. The van der Waals surface area contributed by atoms with Crippen molar-refractivity contribution >= 4 is 5.97 Å². The fourth-order valence-corrected chi connectivity index (χ4v) is 1.82. The van der Waals surface area contributed by atoms with Gasteiger partial charge < -0.3 is 15.2 Å². The van der Waals surface area contributed by atoms with Crippen LogP contribution in [0.3, 0.4) is 0 Å². The standard InChI is InChI=1S/C16H18N2O3/c19-16(20)15-9-4-6-13(18-15)12-17-10-5-11-21-14-7-2-1-3-8-14/h1-4,6-9,17H,5,10-12H2,(H,19,20). The van der Waals surface area contributed by atoms with E-state index < -0.39 is 5.97 Å². The van der Waals surface area contributed by atoms with Gasteiger partial charge in [-0.05, 0) is 37.2 Å². The third kappa shape index (κ3) is 5.24. The Bertz CT molecular complexity index is 573. The van der Waals surface area contributed by atoms with E-state index >= 15 is 0 Å². The van der Waals surface area contributed by atoms with Gasteiger partial charge in [0.15, 0.2) is 0 Å². The van der Waals surface area contributed by atoms with Crippen LogP contribution in [0.15, 0.2) is 48.5 Å². The second-order valence-corrected chi connectivity index (χ2v) is 4.51. The number of pyridine rings is 1. The van der Waals surface area contributed by atoms with Gasteiger partial charge in [0.2, 0.25) is 0 Å². The molecule has 0 saturated heterocycles. The maximum atomic E-state index is 10.8. The smallest absolute Gasteiger partial charge is 0.354 e. The van der Waals surface area contributed by atoms with Crippen molar-refractivity contribution in [2.24, 2.45) is 0 Å². The fourth-order valence-electron chi connectivity index (χ4n) is 1.82. The lowest BCUT2D eigenvalue weighted by Gasteiger charge is -2.07. The highest BCUT2D eigenvalue weighted by molar-refractivity contribution is 5.85. The maximum absolute atomic E-state index is 10.8. The molecule has 5 nitrogen and oxygen atoms in total. The molecule has 2 N–H and O–H groups in total. The molecule has 2 aromatic rings. The molecule has 1 aromatic carbocycles. The maximum Gasteiger partial charge on any atom is 0.354 e. The number of aromatic nitrogens is 1. The van der Waals surface area contributed by atoms with E-state index in [-0.39, 0.29) is 5.69 Å². The number of ether oxygens (including phenoxy) is 1. The summed E-state index contributed by atoms with van der Waals surface area (Å²) in [5.74, 6) is -0.138. The lowest BCUT2D eigenvalue weighted by molar-refractivity contribution is 0.0690. The van der Waals surface area contributed by atoms with Crippen LogP contribution in [0, 0.1) is 0 Å². The van der Waals surface area contributed by atoms with Crippen molar-refractivity contribution in [2.75, 3.05) is 13.2 Å². The predicted octanol–water partition coefficient (Wildman–Crippen LogP) is 2.34. The molecule has 5 heteroatoms. The second kappa shape index (κ2) is 8.01. The molecular formula is C16H18N2O3. The first-order valence-corrected chi connectivity index (χ1v) is 6.83. The second-order valence-electron chi connectivity index (χ2n) is 4.51. The number of rotatable bonds is 8. The highest BCUT2D eigenvalue weighted by atomic mass is 16.5. The zero-order valence-electron chi connectivity index (χ0n) is 11.7. The zero-order chi connectivity index (χ0) is 14.9. The Kier molecular flexibility index (Phi) is 5.72. The van der Waals surface area contributed by atoms with Gasteiger partial charge in [-0.1, -0.05) is 24.3 Å². The van der Waals surface area contributed by atoms with Crippen molar-refractivity contribution in [2.45, 2.75) is 13.0 Å². The van der Waals surface area contributed by atoms with Gasteiger partial charge in [0.25, 0.3) is 0 Å². The van der Waals surface area contributed by atoms with E-state index in [4.69, 9.17) is 9.84 Å². The third-order valence-electron chi connectivity index (χ3n) is 2.84. The summed E-state index contributed by atoms with van der Waals surface area (Å²) in [6.45, 7) is 1.97. The number of carboxylic acid groups (broad SMARTS) is 1. The van der Waals surface area contributed by atoms with Crippen molar-refractivity contribution in [3.8, 4) is 5.75 Å². The van der Waals surface area contributed by atoms with Crippen LogP contribution in [0.5, 0.6) is 5.75 Å². The van der Waals surface area contributed by atoms with Gasteiger partial charge >= 0.3 is 5.97 Å². The Hall–Kier alpha value is -2.40. The van der Waals surface area contributed by atoms with Gasteiger partial charge in [0, 0.05) is 6.54 Å². The van der Waals surface area contributed by atoms with Gasteiger partial charge in [-0.2, -0.15) is 0 Å². The molecule has 0 bridgehead atoms. The molecule has 1 aromatic heterocycles. The Labute approximate surface area is 123 Å². The molecule has 0 saturated carbocycles. The number of hydrogen-bond acceptors (Lipinski definition) is 4. The van der Waals surface area contributed by atoms with Crippen LogP contribution in [-0.4, -0.2) is 29.2 Å². The molecular weight excluding hydrogens is 268 g/mol. The van der Waals surface area contributed by atoms with Crippen LogP contribution in [0.1, 0.15) is 22.6 Å². The molecule has 0 aliphatic heterocycles. The van der Waals surface area contributed by atoms with Crippen molar-refractivity contribution in [3.05, 3.63) is 59.9 Å². The minimum atomic E-state index is -1.01. The van der Waals surface area contributed by atoms with Crippen LogP contribution in [0.2, 0.25) is 0 Å². The number of carboxylic acids is 1. The minimum absolute atomic E-state index is 0.0710. The van der Waals surface area contributed by atoms with Gasteiger partial charge in [0.1, 0.15) is 11.4 Å². The van der Waals surface area contributed by atoms with Crippen LogP contribution in [0.4, 0.5) is 0 Å². The molecule has 21 heavy (non-hydrogen) atoms. The van der Waals surface area contributed by atoms with E-state index in [2.05, 4.69) is 10.3 Å². The van der Waals surface area contributed by atoms with Gasteiger partial charge in [-0.25, -0.2) is 9.78 Å². The van der Waals surface area contributed by atoms with Gasteiger partial charge in [-0.15, -0.1) is 0 Å². The summed E-state index contributed by atoms with van der Waals surface area (Å²) in [6.07, 6.45) is 0.869. The molecule has 110 valence electrons. The van der Waals surface area contributed by atoms with Crippen LogP contribution >= 0.6 is 0 Å². The minimum Gasteiger partial charge on any atom is -0.494 e. The van der Waals surface area contributed by atoms with E-state index in [1.807, 2.05) is 30.3 Å². The average Bonchev–Trinajstić information content (AvgIpc) is 2.52. The number of hydrogen-bond donors (Lipinski definition) is 2. The first kappa shape index (κ1) is 15.0. The summed E-state index contributed by atoms with van der Waals surface area (Å²) in [5, 5.41) is 12.1. The topological polar surface area (TPSA) is 71.5 Å². The molecule has 0 amide bonds. The molecule has 0 aliphatic rings. The number of carbonyl (C=O) groups is 1. The predicted molar refractivity (Wildman–Crippen MR) is 79.5 cm³/mol. The molecule has 1 heterocycles. The van der Waals surface area contributed by atoms with Gasteiger partial charge in [0.05, 0.1) is 12.3 Å². The van der Waals surface area contributed by atoms with Crippen molar-refractivity contribution in [1.29, 1.82) is 0 Å². The molecule has 0 unspecified atom stereocenters. The Balaban J connectivity index is 1.64. The highest BCUT2D eigenvalue weighted by Crippen LogP contribution is 2.08. The summed E-state index contributed by atoms with van der Waals surface area (Å²) in [5.41, 5.74) is 0.792. The van der Waals surface area contributed by atoms with Crippen LogP contribution < -0.4 is 10.1 Å². The number of benzene rings is 1. The first-order chi connectivity index (χ1) is 10.3. The summed E-state index contributed by atoms with van der Waals surface area (Å²) in [6, 6.07) is 14.7. The quantitative estimate of drug-likeness (QED) is 0.729. The zero-order valence-corrected chi connectivity index (χ0v) is 11.7. The summed E-state index contributed by atoms with van der Waals surface area (Å²) >= 11 is 0. The van der Waals surface area contributed by atoms with E-state index in [0.717, 1.165) is 24.4 Å². The SMILES string of the molecule is O=C(O)c1cccc(CNCCCOc2ccccc2)n1. The molecule has 0 aliphatic carbocycles. The van der Waals surface area contributed by atoms with E-state index in [1.165, 1.54) is 6.07 Å². The Morgan fingerprint density at radius 1 is 1.14 bits per heavy atom. The number of nitrogens with zero attached hydrogens (tertiary/aromatic N) is 1. The van der Waals surface area contributed by atoms with E-state index in [1.54, 1.807) is 12.1 Å². The normalized spacial score (nSPS) is 10.3. The molecule has 0 atom stereocenters. The largest absolute Gasteiger partial charge is 0.494 e. The lowest BCUT2D eigenvalue weighted by Crippen LogP contribution is -2.18. The van der Waals surface area contributed by atoms with E-state index in [9.17, 15) is 4.79 Å². The third-order valence-corrected chi connectivity index (χ3v) is 2.84. The highest BCUT2D eigenvalue weighted by Gasteiger charge is 2.04. The monoisotopic (exact) mass is 286 g/mol.